The Balaban J connectivity index is 2.32. The molecule has 1 N–H and O–H groups in total. The number of hydrogen-bond donors (Lipinski definition) is 1. The van der Waals surface area contributed by atoms with Crippen LogP contribution in [0.15, 0.2) is 42.5 Å². The van der Waals surface area contributed by atoms with E-state index in [1.807, 2.05) is 0 Å². The van der Waals surface area contributed by atoms with E-state index in [2.05, 4.69) is 5.32 Å². The minimum absolute atomic E-state index is 0.0280. The molecule has 0 aliphatic heterocycles. The molecule has 0 saturated heterocycles. The summed E-state index contributed by atoms with van der Waals surface area (Å²) >= 11 is 0. The zero-order valence-electron chi connectivity index (χ0n) is 11.7. The van der Waals surface area contributed by atoms with Crippen LogP contribution >= 0.6 is 0 Å². The largest absolute Gasteiger partial charge is 0.496 e. The van der Waals surface area contributed by atoms with Gasteiger partial charge in [-0.25, -0.2) is 4.39 Å². The number of halogens is 1. The van der Waals surface area contributed by atoms with Crippen LogP contribution in [0.1, 0.15) is 18.5 Å². The molecule has 0 fully saturated rings. The molecule has 1 unspecified atom stereocenters. The van der Waals surface area contributed by atoms with Crippen LogP contribution in [0, 0.1) is 15.9 Å². The molecule has 0 aromatic heterocycles. The van der Waals surface area contributed by atoms with Crippen molar-refractivity contribution in [3.8, 4) is 5.75 Å². The predicted molar refractivity (Wildman–Crippen MR) is 78.1 cm³/mol. The topological polar surface area (TPSA) is 64.4 Å². The molecule has 0 bridgehead atoms. The quantitative estimate of drug-likeness (QED) is 0.669. The van der Waals surface area contributed by atoms with Gasteiger partial charge in [-0.15, -0.1) is 0 Å². The van der Waals surface area contributed by atoms with Gasteiger partial charge in [0.25, 0.3) is 5.69 Å². The second-order valence-electron chi connectivity index (χ2n) is 4.53. The Kier molecular flexibility index (Phi) is 4.37. The molecule has 0 aliphatic carbocycles. The van der Waals surface area contributed by atoms with Crippen LogP contribution in [-0.4, -0.2) is 12.0 Å². The van der Waals surface area contributed by atoms with E-state index in [9.17, 15) is 14.5 Å². The predicted octanol–water partition coefficient (Wildman–Crippen LogP) is 3.92. The van der Waals surface area contributed by atoms with Gasteiger partial charge in [0.1, 0.15) is 17.3 Å². The summed E-state index contributed by atoms with van der Waals surface area (Å²) in [6.45, 7) is 1.79. The lowest BCUT2D eigenvalue weighted by molar-refractivity contribution is -0.384. The number of para-hydroxylation sites is 2. The number of nitro groups is 1. The zero-order valence-corrected chi connectivity index (χ0v) is 11.7. The number of methoxy groups -OCH3 is 1. The van der Waals surface area contributed by atoms with Gasteiger partial charge in [0.15, 0.2) is 0 Å². The molecule has 21 heavy (non-hydrogen) atoms. The molecule has 0 spiro atoms. The Morgan fingerprint density at radius 1 is 1.29 bits per heavy atom. The Labute approximate surface area is 121 Å². The van der Waals surface area contributed by atoms with Crippen molar-refractivity contribution in [3.05, 3.63) is 64.0 Å². The van der Waals surface area contributed by atoms with E-state index in [0.29, 0.717) is 17.0 Å². The maximum absolute atomic E-state index is 13.4. The summed E-state index contributed by atoms with van der Waals surface area (Å²) in [5.41, 5.74) is 0.941. The van der Waals surface area contributed by atoms with Gasteiger partial charge < -0.3 is 10.1 Å². The summed E-state index contributed by atoms with van der Waals surface area (Å²) in [6, 6.07) is 10.2. The van der Waals surface area contributed by atoms with Gasteiger partial charge in [-0.3, -0.25) is 10.1 Å². The number of nitro benzene ring substituents is 1. The number of rotatable bonds is 5. The Morgan fingerprint density at radius 2 is 2.00 bits per heavy atom. The Bertz CT molecular complexity index is 661. The summed E-state index contributed by atoms with van der Waals surface area (Å²) in [5, 5.41) is 14.0. The second kappa shape index (κ2) is 6.21. The molecule has 0 heterocycles. The fourth-order valence-electron chi connectivity index (χ4n) is 2.11. The summed E-state index contributed by atoms with van der Waals surface area (Å²) in [5.74, 6) is 0.136. The molecule has 5 nitrogen and oxygen atoms in total. The summed E-state index contributed by atoms with van der Waals surface area (Å²) in [4.78, 5) is 10.5. The van der Waals surface area contributed by atoms with Gasteiger partial charge in [-0.1, -0.05) is 12.1 Å². The molecule has 0 aliphatic rings. The average molecular weight is 290 g/mol. The SMILES string of the molecule is COc1ccc(F)cc1C(C)Nc1ccccc1[N+](=O)[O-]. The Hall–Kier alpha value is -2.63. The molecule has 0 saturated carbocycles. The van der Waals surface area contributed by atoms with Crippen molar-refractivity contribution in [1.82, 2.24) is 0 Å². The van der Waals surface area contributed by atoms with Crippen molar-refractivity contribution in [2.24, 2.45) is 0 Å². The smallest absolute Gasteiger partial charge is 0.292 e. The molecular weight excluding hydrogens is 275 g/mol. The average Bonchev–Trinajstić information content (AvgIpc) is 2.47. The molecule has 2 rings (SSSR count). The van der Waals surface area contributed by atoms with Gasteiger partial charge in [0, 0.05) is 11.6 Å². The van der Waals surface area contributed by atoms with Gasteiger partial charge in [0.2, 0.25) is 0 Å². The fraction of sp³-hybridized carbons (Fsp3) is 0.200. The minimum atomic E-state index is -0.460. The highest BCUT2D eigenvalue weighted by molar-refractivity contribution is 5.62. The standard InChI is InChI=1S/C15H15FN2O3/c1-10(12-9-11(16)7-8-15(12)21-2)17-13-5-3-4-6-14(13)18(19)20/h3-10,17H,1-2H3. The zero-order chi connectivity index (χ0) is 15.4. The van der Waals surface area contributed by atoms with Crippen LogP contribution < -0.4 is 10.1 Å². The first-order valence-electron chi connectivity index (χ1n) is 6.36. The van der Waals surface area contributed by atoms with Crippen molar-refractivity contribution in [2.75, 3.05) is 12.4 Å². The van der Waals surface area contributed by atoms with E-state index in [-0.39, 0.29) is 17.5 Å². The summed E-state index contributed by atoms with van der Waals surface area (Å²) in [6.07, 6.45) is 0. The molecule has 2 aromatic carbocycles. The van der Waals surface area contributed by atoms with E-state index in [1.54, 1.807) is 25.1 Å². The van der Waals surface area contributed by atoms with E-state index < -0.39 is 4.92 Å². The van der Waals surface area contributed by atoms with E-state index in [4.69, 9.17) is 4.74 Å². The first kappa shape index (κ1) is 14.8. The fourth-order valence-corrected chi connectivity index (χ4v) is 2.11. The summed E-state index contributed by atoms with van der Waals surface area (Å²) < 4.78 is 18.6. The molecule has 6 heteroatoms. The lowest BCUT2D eigenvalue weighted by Crippen LogP contribution is -2.10. The molecule has 0 amide bonds. The van der Waals surface area contributed by atoms with Crippen molar-refractivity contribution in [2.45, 2.75) is 13.0 Å². The Morgan fingerprint density at radius 3 is 2.67 bits per heavy atom. The number of nitrogens with zero attached hydrogens (tertiary/aromatic N) is 1. The van der Waals surface area contributed by atoms with Crippen molar-refractivity contribution >= 4 is 11.4 Å². The lowest BCUT2D eigenvalue weighted by atomic mass is 10.1. The maximum atomic E-state index is 13.4. The lowest BCUT2D eigenvalue weighted by Gasteiger charge is -2.18. The maximum Gasteiger partial charge on any atom is 0.292 e. The number of nitrogens with one attached hydrogen (secondary N) is 1. The highest BCUT2D eigenvalue weighted by Crippen LogP contribution is 2.31. The van der Waals surface area contributed by atoms with Gasteiger partial charge >= 0.3 is 0 Å². The van der Waals surface area contributed by atoms with Crippen molar-refractivity contribution in [3.63, 3.8) is 0 Å². The third-order valence-electron chi connectivity index (χ3n) is 3.13. The van der Waals surface area contributed by atoms with Gasteiger partial charge in [0.05, 0.1) is 18.1 Å². The number of ether oxygens (including phenoxy) is 1. The van der Waals surface area contributed by atoms with Crippen molar-refractivity contribution < 1.29 is 14.1 Å². The van der Waals surface area contributed by atoms with Crippen LogP contribution in [-0.2, 0) is 0 Å². The normalized spacial score (nSPS) is 11.8. The van der Waals surface area contributed by atoms with E-state index >= 15 is 0 Å². The van der Waals surface area contributed by atoms with Gasteiger partial charge in [-0.05, 0) is 31.2 Å². The highest BCUT2D eigenvalue weighted by atomic mass is 19.1. The van der Waals surface area contributed by atoms with E-state index in [0.717, 1.165) is 0 Å². The minimum Gasteiger partial charge on any atom is -0.496 e. The van der Waals surface area contributed by atoms with Crippen LogP contribution in [0.5, 0.6) is 5.75 Å². The third kappa shape index (κ3) is 3.28. The van der Waals surface area contributed by atoms with Crippen LogP contribution in [0.2, 0.25) is 0 Å². The van der Waals surface area contributed by atoms with Crippen LogP contribution in [0.3, 0.4) is 0 Å². The monoisotopic (exact) mass is 290 g/mol. The number of hydrogen-bond acceptors (Lipinski definition) is 4. The molecular formula is C15H15FN2O3. The molecule has 2 aromatic rings. The number of benzene rings is 2. The first-order chi connectivity index (χ1) is 10.0. The van der Waals surface area contributed by atoms with Crippen molar-refractivity contribution in [1.29, 1.82) is 0 Å². The molecule has 1 atom stereocenters. The first-order valence-corrected chi connectivity index (χ1v) is 6.36. The second-order valence-corrected chi connectivity index (χ2v) is 4.53. The van der Waals surface area contributed by atoms with Crippen LogP contribution in [0.4, 0.5) is 15.8 Å². The van der Waals surface area contributed by atoms with Gasteiger partial charge in [-0.2, -0.15) is 0 Å². The third-order valence-corrected chi connectivity index (χ3v) is 3.13. The molecule has 0 radical (unpaired) electrons. The highest BCUT2D eigenvalue weighted by Gasteiger charge is 2.17. The number of anilines is 1. The van der Waals surface area contributed by atoms with Crippen LogP contribution in [0.25, 0.3) is 0 Å². The molecule has 110 valence electrons. The summed E-state index contributed by atoms with van der Waals surface area (Å²) in [7, 11) is 1.49. The van der Waals surface area contributed by atoms with E-state index in [1.165, 1.54) is 31.4 Å².